The van der Waals surface area contributed by atoms with Crippen LogP contribution in [0.15, 0.2) is 17.6 Å². The van der Waals surface area contributed by atoms with Crippen LogP contribution < -0.4 is 5.73 Å². The highest BCUT2D eigenvalue weighted by molar-refractivity contribution is 6.05. The third-order valence-electron chi connectivity index (χ3n) is 4.39. The average molecular weight is 263 g/mol. The molecule has 0 bridgehead atoms. The van der Waals surface area contributed by atoms with Gasteiger partial charge in [-0.25, -0.2) is 4.79 Å². The van der Waals surface area contributed by atoms with Crippen molar-refractivity contribution in [3.63, 3.8) is 0 Å². The smallest absolute Gasteiger partial charge is 0.346 e. The fourth-order valence-corrected chi connectivity index (χ4v) is 3.68. The number of nitrogens with two attached hydrogens (primary N) is 1. The summed E-state index contributed by atoms with van der Waals surface area (Å²) in [5.41, 5.74) is 5.77. The number of rotatable bonds is 4. The van der Waals surface area contributed by atoms with Crippen LogP contribution in [-0.2, 0) is 0 Å². The van der Waals surface area contributed by atoms with E-state index < -0.39 is 0 Å². The van der Waals surface area contributed by atoms with Crippen molar-refractivity contribution in [3.05, 3.63) is 12.7 Å². The van der Waals surface area contributed by atoms with E-state index in [1.165, 1.54) is 12.8 Å². The van der Waals surface area contributed by atoms with Crippen molar-refractivity contribution in [1.82, 2.24) is 4.90 Å². The zero-order chi connectivity index (χ0) is 14.0. The Morgan fingerprint density at radius 2 is 2.37 bits per heavy atom. The zero-order valence-corrected chi connectivity index (χ0v) is 12.1. The van der Waals surface area contributed by atoms with Gasteiger partial charge in [-0.05, 0) is 31.1 Å². The largest absolute Gasteiger partial charge is 0.385 e. The molecule has 2 unspecified atom stereocenters. The standard InChI is InChI=1S/C15H25N3O/c1-4-8-18-14(19)17-13(16)15(18)7-5-6-12(10-15)9-11(2)3/h4,11-12H,1,5-10H2,2-3H3,(H2,16,17,19). The predicted octanol–water partition coefficient (Wildman–Crippen LogP) is 2.94. The number of hydrogen-bond donors (Lipinski definition) is 1. The van der Waals surface area contributed by atoms with Gasteiger partial charge in [0, 0.05) is 6.54 Å². The Morgan fingerprint density at radius 1 is 1.63 bits per heavy atom. The van der Waals surface area contributed by atoms with E-state index in [4.69, 9.17) is 5.73 Å². The summed E-state index contributed by atoms with van der Waals surface area (Å²) in [5.74, 6) is 1.84. The fraction of sp³-hybridized carbons (Fsp3) is 0.733. The summed E-state index contributed by atoms with van der Waals surface area (Å²) in [6.07, 6.45) is 7.22. The molecule has 2 rings (SSSR count). The lowest BCUT2D eigenvalue weighted by Crippen LogP contribution is -2.56. The van der Waals surface area contributed by atoms with Gasteiger partial charge in [0.05, 0.1) is 0 Å². The average Bonchev–Trinajstić information content (AvgIpc) is 2.54. The van der Waals surface area contributed by atoms with Crippen LogP contribution in [0.5, 0.6) is 0 Å². The molecule has 1 aliphatic heterocycles. The lowest BCUT2D eigenvalue weighted by molar-refractivity contribution is 0.122. The predicted molar refractivity (Wildman–Crippen MR) is 78.1 cm³/mol. The van der Waals surface area contributed by atoms with E-state index >= 15 is 0 Å². The molecule has 1 fully saturated rings. The Kier molecular flexibility index (Phi) is 3.97. The van der Waals surface area contributed by atoms with E-state index in [0.29, 0.717) is 24.2 Å². The van der Waals surface area contributed by atoms with Crippen LogP contribution in [0.25, 0.3) is 0 Å². The van der Waals surface area contributed by atoms with Crippen molar-refractivity contribution in [2.45, 2.75) is 51.5 Å². The molecule has 1 spiro atoms. The first-order valence-corrected chi connectivity index (χ1v) is 7.26. The topological polar surface area (TPSA) is 58.7 Å². The maximum absolute atomic E-state index is 12.0. The van der Waals surface area contributed by atoms with Gasteiger partial charge in [0.2, 0.25) is 0 Å². The van der Waals surface area contributed by atoms with Crippen molar-refractivity contribution in [1.29, 1.82) is 0 Å². The molecule has 19 heavy (non-hydrogen) atoms. The molecule has 0 aromatic carbocycles. The Bertz CT molecular complexity index is 402. The van der Waals surface area contributed by atoms with Gasteiger partial charge in [-0.3, -0.25) is 0 Å². The first-order valence-electron chi connectivity index (χ1n) is 7.26. The van der Waals surface area contributed by atoms with E-state index in [0.717, 1.165) is 19.3 Å². The van der Waals surface area contributed by atoms with Crippen LogP contribution in [-0.4, -0.2) is 28.9 Å². The normalized spacial score (nSPS) is 31.1. The van der Waals surface area contributed by atoms with Crippen molar-refractivity contribution in [3.8, 4) is 0 Å². The summed E-state index contributed by atoms with van der Waals surface area (Å²) in [5, 5.41) is 0. The van der Waals surface area contributed by atoms with Crippen molar-refractivity contribution in [2.75, 3.05) is 6.54 Å². The minimum absolute atomic E-state index is 0.192. The summed E-state index contributed by atoms with van der Waals surface area (Å²) in [7, 11) is 0. The number of urea groups is 1. The zero-order valence-electron chi connectivity index (χ0n) is 12.1. The SMILES string of the molecule is C=CCN1C(=O)N=C(N)C12CCCC(CC(C)C)C2. The number of nitrogens with zero attached hydrogens (tertiary/aromatic N) is 2. The summed E-state index contributed by atoms with van der Waals surface area (Å²) < 4.78 is 0. The van der Waals surface area contributed by atoms with E-state index in [1.807, 2.05) is 4.90 Å². The fourth-order valence-electron chi connectivity index (χ4n) is 3.68. The highest BCUT2D eigenvalue weighted by Crippen LogP contribution is 2.42. The second-order valence-electron chi connectivity index (χ2n) is 6.30. The summed E-state index contributed by atoms with van der Waals surface area (Å²) in [4.78, 5) is 17.8. The van der Waals surface area contributed by atoms with Gasteiger partial charge in [0.15, 0.2) is 0 Å². The third kappa shape index (κ3) is 2.53. The van der Waals surface area contributed by atoms with Crippen LogP contribution in [0.4, 0.5) is 4.79 Å². The molecule has 1 saturated carbocycles. The first-order chi connectivity index (χ1) is 8.99. The van der Waals surface area contributed by atoms with Gasteiger partial charge in [-0.1, -0.05) is 32.8 Å². The van der Waals surface area contributed by atoms with Gasteiger partial charge < -0.3 is 10.6 Å². The van der Waals surface area contributed by atoms with E-state index in [2.05, 4.69) is 25.4 Å². The van der Waals surface area contributed by atoms with Crippen molar-refractivity contribution >= 4 is 11.9 Å². The van der Waals surface area contributed by atoms with E-state index in [-0.39, 0.29) is 11.6 Å². The molecule has 2 atom stereocenters. The number of aliphatic imine (C=N–C) groups is 1. The number of carbonyl (C=O) groups excluding carboxylic acids is 1. The second kappa shape index (κ2) is 5.35. The van der Waals surface area contributed by atoms with Crippen LogP contribution in [0.1, 0.15) is 46.0 Å². The number of amidine groups is 1. The van der Waals surface area contributed by atoms with Crippen LogP contribution >= 0.6 is 0 Å². The molecule has 2 amide bonds. The lowest BCUT2D eigenvalue weighted by Gasteiger charge is -2.44. The molecule has 0 radical (unpaired) electrons. The second-order valence-corrected chi connectivity index (χ2v) is 6.30. The summed E-state index contributed by atoms with van der Waals surface area (Å²) in [6, 6.07) is -0.192. The van der Waals surface area contributed by atoms with Gasteiger partial charge in [0.25, 0.3) is 0 Å². The molecule has 1 heterocycles. The highest BCUT2D eigenvalue weighted by Gasteiger charge is 2.50. The molecule has 2 N–H and O–H groups in total. The van der Waals surface area contributed by atoms with Crippen molar-refractivity contribution in [2.24, 2.45) is 22.6 Å². The molecule has 2 aliphatic rings. The Morgan fingerprint density at radius 3 is 3.00 bits per heavy atom. The Labute approximate surface area is 115 Å². The summed E-state index contributed by atoms with van der Waals surface area (Å²) in [6.45, 7) is 8.78. The van der Waals surface area contributed by atoms with Crippen LogP contribution in [0.3, 0.4) is 0 Å². The van der Waals surface area contributed by atoms with Crippen molar-refractivity contribution < 1.29 is 4.79 Å². The number of hydrogen-bond acceptors (Lipinski definition) is 2. The molecular formula is C15H25N3O. The van der Waals surface area contributed by atoms with E-state index in [9.17, 15) is 4.79 Å². The van der Waals surface area contributed by atoms with Gasteiger partial charge in [0.1, 0.15) is 11.4 Å². The molecule has 0 aromatic rings. The number of amides is 2. The van der Waals surface area contributed by atoms with Gasteiger partial charge in [-0.2, -0.15) is 4.99 Å². The maximum atomic E-state index is 12.0. The maximum Gasteiger partial charge on any atom is 0.346 e. The lowest BCUT2D eigenvalue weighted by atomic mass is 9.72. The molecule has 1 aliphatic carbocycles. The highest BCUT2D eigenvalue weighted by atomic mass is 16.2. The molecule has 0 aromatic heterocycles. The molecule has 4 nitrogen and oxygen atoms in total. The Hall–Kier alpha value is -1.32. The molecular weight excluding hydrogens is 238 g/mol. The molecule has 106 valence electrons. The van der Waals surface area contributed by atoms with Crippen LogP contribution in [0, 0.1) is 11.8 Å². The first kappa shape index (κ1) is 14.1. The summed E-state index contributed by atoms with van der Waals surface area (Å²) >= 11 is 0. The van der Waals surface area contributed by atoms with E-state index in [1.54, 1.807) is 6.08 Å². The monoisotopic (exact) mass is 263 g/mol. The van der Waals surface area contributed by atoms with Crippen LogP contribution in [0.2, 0.25) is 0 Å². The Balaban J connectivity index is 2.21. The van der Waals surface area contributed by atoms with Gasteiger partial charge in [-0.15, -0.1) is 6.58 Å². The quantitative estimate of drug-likeness (QED) is 0.793. The number of carbonyl (C=O) groups is 1. The minimum Gasteiger partial charge on any atom is -0.385 e. The third-order valence-corrected chi connectivity index (χ3v) is 4.39. The molecule has 4 heteroatoms. The van der Waals surface area contributed by atoms with Gasteiger partial charge >= 0.3 is 6.03 Å². The minimum atomic E-state index is -0.330. The molecule has 0 saturated heterocycles.